The van der Waals surface area contributed by atoms with Crippen LogP contribution in [-0.2, 0) is 10.0 Å². The topological polar surface area (TPSA) is 93.1 Å². The molecule has 1 aliphatic carbocycles. The molecule has 3 aromatic rings. The van der Waals surface area contributed by atoms with Gasteiger partial charge in [0.15, 0.2) is 0 Å². The summed E-state index contributed by atoms with van der Waals surface area (Å²) in [7, 11) is -3.62. The number of halogens is 1. The van der Waals surface area contributed by atoms with Crippen molar-refractivity contribution in [2.24, 2.45) is 0 Å². The Morgan fingerprint density at radius 3 is 2.50 bits per heavy atom. The number of carbonyl (C=O) groups excluding carboxylic acids is 1. The number of aryl methyl sites for hydroxylation is 1. The van der Waals surface area contributed by atoms with E-state index < -0.39 is 15.9 Å². The summed E-state index contributed by atoms with van der Waals surface area (Å²) in [6.07, 6.45) is 1.68. The number of hydrogen-bond donors (Lipinski definition) is 2. The van der Waals surface area contributed by atoms with Gasteiger partial charge in [-0.3, -0.25) is 4.79 Å². The van der Waals surface area contributed by atoms with Gasteiger partial charge < -0.3 is 5.32 Å². The molecule has 1 fully saturated rings. The third-order valence-corrected chi connectivity index (χ3v) is 6.41. The van der Waals surface area contributed by atoms with Crippen molar-refractivity contribution >= 4 is 21.6 Å². The van der Waals surface area contributed by atoms with Gasteiger partial charge in [-0.15, -0.1) is 0 Å². The van der Waals surface area contributed by atoms with Crippen LogP contribution < -0.4 is 10.0 Å². The minimum absolute atomic E-state index is 0.00385. The number of aromatic nitrogens is 2. The van der Waals surface area contributed by atoms with Crippen molar-refractivity contribution in [1.29, 1.82) is 0 Å². The highest BCUT2D eigenvalue weighted by molar-refractivity contribution is 7.89. The van der Waals surface area contributed by atoms with Crippen molar-refractivity contribution in [1.82, 2.24) is 14.5 Å². The van der Waals surface area contributed by atoms with E-state index in [1.807, 2.05) is 0 Å². The van der Waals surface area contributed by atoms with Gasteiger partial charge in [0, 0.05) is 11.7 Å². The van der Waals surface area contributed by atoms with Crippen LogP contribution in [0, 0.1) is 19.7 Å². The molecule has 1 saturated carbocycles. The van der Waals surface area contributed by atoms with E-state index in [-0.39, 0.29) is 16.8 Å². The van der Waals surface area contributed by atoms with E-state index in [9.17, 15) is 17.6 Å². The zero-order valence-corrected chi connectivity index (χ0v) is 17.3. The summed E-state index contributed by atoms with van der Waals surface area (Å²) >= 11 is 0. The fourth-order valence-corrected chi connectivity index (χ4v) is 4.58. The Kier molecular flexibility index (Phi) is 5.17. The van der Waals surface area contributed by atoms with E-state index in [1.165, 1.54) is 24.3 Å². The lowest BCUT2D eigenvalue weighted by molar-refractivity contribution is 0.102. The smallest absolute Gasteiger partial charge is 0.259 e. The first-order valence-corrected chi connectivity index (χ1v) is 11.0. The largest absolute Gasteiger partial charge is 0.322 e. The first-order chi connectivity index (χ1) is 14.2. The second-order valence-corrected chi connectivity index (χ2v) is 9.03. The number of nitrogens with one attached hydrogen (secondary N) is 2. The van der Waals surface area contributed by atoms with Gasteiger partial charge in [-0.05, 0) is 69.2 Å². The molecule has 0 saturated heterocycles. The Balaban J connectivity index is 1.59. The summed E-state index contributed by atoms with van der Waals surface area (Å²) in [4.78, 5) is 13.0. The van der Waals surface area contributed by atoms with Gasteiger partial charge >= 0.3 is 0 Å². The van der Waals surface area contributed by atoms with Gasteiger partial charge in [-0.1, -0.05) is 6.07 Å². The Labute approximate surface area is 174 Å². The van der Waals surface area contributed by atoms with E-state index in [1.54, 1.807) is 42.8 Å². The molecule has 0 aliphatic heterocycles. The highest BCUT2D eigenvalue weighted by Crippen LogP contribution is 2.24. The maximum Gasteiger partial charge on any atom is 0.259 e. The lowest BCUT2D eigenvalue weighted by atomic mass is 10.1. The number of sulfonamides is 1. The van der Waals surface area contributed by atoms with E-state index in [4.69, 9.17) is 0 Å². The number of carbonyl (C=O) groups is 1. The summed E-state index contributed by atoms with van der Waals surface area (Å²) in [5.41, 5.74) is 2.48. The Morgan fingerprint density at radius 1 is 1.13 bits per heavy atom. The summed E-state index contributed by atoms with van der Waals surface area (Å²) in [5.74, 6) is -0.757. The molecule has 2 aromatic carbocycles. The standard InChI is InChI=1S/C21H21FN4O3S/c1-13-20(14(2)26(24-13)18-10-6-15(22)7-11-18)21(27)23-17-4-3-5-19(12-17)30(28,29)25-16-8-9-16/h3-7,10-12,16,25H,8-9H2,1-2H3,(H,23,27). The number of hydrogen-bond acceptors (Lipinski definition) is 4. The number of benzene rings is 2. The average molecular weight is 428 g/mol. The lowest BCUT2D eigenvalue weighted by Crippen LogP contribution is -2.25. The number of rotatable bonds is 6. The van der Waals surface area contributed by atoms with Crippen LogP contribution in [-0.4, -0.2) is 30.1 Å². The van der Waals surface area contributed by atoms with Crippen LogP contribution >= 0.6 is 0 Å². The molecule has 156 valence electrons. The highest BCUT2D eigenvalue weighted by Gasteiger charge is 2.28. The van der Waals surface area contributed by atoms with Gasteiger partial charge in [0.1, 0.15) is 5.82 Å². The summed E-state index contributed by atoms with van der Waals surface area (Å²) in [5, 5.41) is 7.15. The summed E-state index contributed by atoms with van der Waals surface area (Å²) in [6, 6.07) is 11.9. The fraction of sp³-hybridized carbons (Fsp3) is 0.238. The molecular formula is C21H21FN4O3S. The molecule has 2 N–H and O–H groups in total. The second-order valence-electron chi connectivity index (χ2n) is 7.31. The summed E-state index contributed by atoms with van der Waals surface area (Å²) < 4.78 is 42.2. The van der Waals surface area contributed by atoms with Crippen molar-refractivity contribution in [2.75, 3.05) is 5.32 Å². The Hall–Kier alpha value is -3.04. The Bertz CT molecular complexity index is 1220. The minimum atomic E-state index is -3.62. The van der Waals surface area contributed by atoms with Crippen LogP contribution in [0.5, 0.6) is 0 Å². The van der Waals surface area contributed by atoms with Gasteiger partial charge in [-0.2, -0.15) is 5.10 Å². The van der Waals surface area contributed by atoms with Crippen LogP contribution in [0.4, 0.5) is 10.1 Å². The van der Waals surface area contributed by atoms with Crippen molar-refractivity contribution in [3.8, 4) is 5.69 Å². The number of amides is 1. The van der Waals surface area contributed by atoms with E-state index >= 15 is 0 Å². The molecule has 4 rings (SSSR count). The molecular weight excluding hydrogens is 407 g/mol. The minimum Gasteiger partial charge on any atom is -0.322 e. The number of nitrogens with zero attached hydrogens (tertiary/aromatic N) is 2. The predicted molar refractivity (Wildman–Crippen MR) is 111 cm³/mol. The van der Waals surface area contributed by atoms with Crippen molar-refractivity contribution in [3.05, 3.63) is 71.3 Å². The maximum atomic E-state index is 13.2. The van der Waals surface area contributed by atoms with Crippen LogP contribution in [0.3, 0.4) is 0 Å². The molecule has 1 heterocycles. The molecule has 0 bridgehead atoms. The molecule has 1 amide bonds. The normalized spacial score (nSPS) is 14.0. The van der Waals surface area contributed by atoms with Gasteiger partial charge in [-0.25, -0.2) is 22.2 Å². The Morgan fingerprint density at radius 2 is 1.83 bits per heavy atom. The van der Waals surface area contributed by atoms with Crippen LogP contribution in [0.15, 0.2) is 53.4 Å². The molecule has 30 heavy (non-hydrogen) atoms. The van der Waals surface area contributed by atoms with E-state index in [0.29, 0.717) is 28.3 Å². The summed E-state index contributed by atoms with van der Waals surface area (Å²) in [6.45, 7) is 3.46. The SMILES string of the molecule is Cc1nn(-c2ccc(F)cc2)c(C)c1C(=O)Nc1cccc(S(=O)(=O)NC2CC2)c1. The quantitative estimate of drug-likeness (QED) is 0.630. The zero-order valence-electron chi connectivity index (χ0n) is 16.5. The van der Waals surface area contributed by atoms with Crippen molar-refractivity contribution in [2.45, 2.75) is 37.6 Å². The molecule has 0 spiro atoms. The maximum absolute atomic E-state index is 13.2. The molecule has 1 aliphatic rings. The van der Waals surface area contributed by atoms with E-state index in [0.717, 1.165) is 12.8 Å². The van der Waals surface area contributed by atoms with Crippen LogP contribution in [0.2, 0.25) is 0 Å². The number of anilines is 1. The molecule has 7 nitrogen and oxygen atoms in total. The second kappa shape index (κ2) is 7.66. The van der Waals surface area contributed by atoms with Crippen molar-refractivity contribution in [3.63, 3.8) is 0 Å². The molecule has 0 unspecified atom stereocenters. The lowest BCUT2D eigenvalue weighted by Gasteiger charge is -2.09. The van der Waals surface area contributed by atoms with Gasteiger partial charge in [0.2, 0.25) is 10.0 Å². The predicted octanol–water partition coefficient (Wildman–Crippen LogP) is 3.32. The molecule has 9 heteroatoms. The van der Waals surface area contributed by atoms with Crippen LogP contribution in [0.25, 0.3) is 5.69 Å². The molecule has 0 radical (unpaired) electrons. The fourth-order valence-electron chi connectivity index (χ4n) is 3.23. The van der Waals surface area contributed by atoms with Gasteiger partial charge in [0.05, 0.1) is 27.5 Å². The zero-order chi connectivity index (χ0) is 21.5. The van der Waals surface area contributed by atoms with Gasteiger partial charge in [0.25, 0.3) is 5.91 Å². The van der Waals surface area contributed by atoms with Crippen molar-refractivity contribution < 1.29 is 17.6 Å². The third-order valence-electron chi connectivity index (χ3n) is 4.89. The average Bonchev–Trinajstić information content (AvgIpc) is 3.45. The van der Waals surface area contributed by atoms with E-state index in [2.05, 4.69) is 15.1 Å². The molecule has 0 atom stereocenters. The monoisotopic (exact) mass is 428 g/mol. The highest BCUT2D eigenvalue weighted by atomic mass is 32.2. The molecule has 1 aromatic heterocycles. The first-order valence-electron chi connectivity index (χ1n) is 9.50. The first kappa shape index (κ1) is 20.2. The van der Waals surface area contributed by atoms with Crippen LogP contribution in [0.1, 0.15) is 34.6 Å². The third kappa shape index (κ3) is 4.12.